The Morgan fingerprint density at radius 3 is 2.86 bits per heavy atom. The van der Waals surface area contributed by atoms with Crippen molar-refractivity contribution in [1.29, 1.82) is 0 Å². The van der Waals surface area contributed by atoms with E-state index in [9.17, 15) is 9.59 Å². The summed E-state index contributed by atoms with van der Waals surface area (Å²) in [6, 6.07) is 7.61. The zero-order valence-corrected chi connectivity index (χ0v) is 13.2. The molecular formula is C16H21NO3S. The summed E-state index contributed by atoms with van der Waals surface area (Å²) in [7, 11) is 0. The first-order valence-electron chi connectivity index (χ1n) is 7.14. The van der Waals surface area contributed by atoms with Crippen LogP contribution in [0.1, 0.15) is 32.3 Å². The second-order valence-electron chi connectivity index (χ2n) is 5.84. The molecule has 1 aromatic rings. The van der Waals surface area contributed by atoms with Gasteiger partial charge in [-0.05, 0) is 36.0 Å². The minimum atomic E-state index is -0.808. The lowest BCUT2D eigenvalue weighted by Crippen LogP contribution is -2.17. The SMILES string of the molecule is CCC1(C)CC1C(=O)Nc1cccc(CSCC(=O)O)c1. The highest BCUT2D eigenvalue weighted by atomic mass is 32.2. The van der Waals surface area contributed by atoms with Crippen LogP contribution < -0.4 is 5.32 Å². The molecule has 1 aliphatic carbocycles. The number of thioether (sulfide) groups is 1. The van der Waals surface area contributed by atoms with Crippen LogP contribution >= 0.6 is 11.8 Å². The summed E-state index contributed by atoms with van der Waals surface area (Å²) in [6.07, 6.45) is 1.99. The summed E-state index contributed by atoms with van der Waals surface area (Å²) in [5.74, 6) is 0.124. The molecule has 2 rings (SSSR count). The van der Waals surface area contributed by atoms with Crippen molar-refractivity contribution >= 4 is 29.3 Å². The molecule has 0 heterocycles. The molecule has 114 valence electrons. The van der Waals surface area contributed by atoms with Crippen molar-refractivity contribution in [2.45, 2.75) is 32.4 Å². The van der Waals surface area contributed by atoms with Crippen LogP contribution in [-0.2, 0) is 15.3 Å². The fraction of sp³-hybridized carbons (Fsp3) is 0.500. The van der Waals surface area contributed by atoms with Gasteiger partial charge in [-0.25, -0.2) is 0 Å². The fourth-order valence-electron chi connectivity index (χ4n) is 2.43. The Balaban J connectivity index is 1.89. The molecule has 4 nitrogen and oxygen atoms in total. The highest BCUT2D eigenvalue weighted by Gasteiger charge is 2.52. The van der Waals surface area contributed by atoms with Crippen LogP contribution in [0.2, 0.25) is 0 Å². The predicted molar refractivity (Wildman–Crippen MR) is 85.4 cm³/mol. The summed E-state index contributed by atoms with van der Waals surface area (Å²) in [5, 5.41) is 11.6. The van der Waals surface area contributed by atoms with E-state index in [4.69, 9.17) is 5.11 Å². The van der Waals surface area contributed by atoms with Crippen molar-refractivity contribution in [3.05, 3.63) is 29.8 Å². The summed E-state index contributed by atoms with van der Waals surface area (Å²) in [4.78, 5) is 22.7. The summed E-state index contributed by atoms with van der Waals surface area (Å²) >= 11 is 1.35. The standard InChI is InChI=1S/C16H21NO3S/c1-3-16(2)8-13(16)15(20)17-12-6-4-5-11(7-12)9-21-10-14(18)19/h4-7,13H,3,8-10H2,1-2H3,(H,17,20)(H,18,19). The zero-order chi connectivity index (χ0) is 15.5. The topological polar surface area (TPSA) is 66.4 Å². The Kier molecular flexibility index (Phi) is 4.93. The molecule has 0 aromatic heterocycles. The first-order valence-corrected chi connectivity index (χ1v) is 8.29. The van der Waals surface area contributed by atoms with Gasteiger partial charge < -0.3 is 10.4 Å². The Morgan fingerprint density at radius 1 is 1.48 bits per heavy atom. The van der Waals surface area contributed by atoms with Gasteiger partial charge in [0.15, 0.2) is 0 Å². The number of carbonyl (C=O) groups excluding carboxylic acids is 1. The first kappa shape index (κ1) is 15.9. The molecule has 0 saturated heterocycles. The van der Waals surface area contributed by atoms with Crippen LogP contribution in [0.3, 0.4) is 0 Å². The third-order valence-corrected chi connectivity index (χ3v) is 5.15. The number of hydrogen-bond donors (Lipinski definition) is 2. The third kappa shape index (κ3) is 4.24. The highest BCUT2D eigenvalue weighted by molar-refractivity contribution is 7.99. The number of carboxylic acids is 1. The smallest absolute Gasteiger partial charge is 0.313 e. The lowest BCUT2D eigenvalue weighted by Gasteiger charge is -2.09. The van der Waals surface area contributed by atoms with E-state index in [0.717, 1.165) is 24.1 Å². The van der Waals surface area contributed by atoms with E-state index in [2.05, 4.69) is 19.2 Å². The van der Waals surface area contributed by atoms with Crippen molar-refractivity contribution in [2.75, 3.05) is 11.1 Å². The zero-order valence-electron chi connectivity index (χ0n) is 12.4. The van der Waals surface area contributed by atoms with Gasteiger partial charge in [-0.15, -0.1) is 11.8 Å². The van der Waals surface area contributed by atoms with Gasteiger partial charge in [0.1, 0.15) is 0 Å². The largest absolute Gasteiger partial charge is 0.481 e. The van der Waals surface area contributed by atoms with E-state index < -0.39 is 5.97 Å². The van der Waals surface area contributed by atoms with E-state index in [1.165, 1.54) is 11.8 Å². The van der Waals surface area contributed by atoms with Crippen molar-refractivity contribution in [3.8, 4) is 0 Å². The summed E-state index contributed by atoms with van der Waals surface area (Å²) in [5.41, 5.74) is 1.98. The van der Waals surface area contributed by atoms with Gasteiger partial charge in [0.25, 0.3) is 0 Å². The third-order valence-electron chi connectivity index (χ3n) is 4.16. The molecular weight excluding hydrogens is 286 g/mol. The molecule has 2 atom stereocenters. The minimum Gasteiger partial charge on any atom is -0.481 e. The van der Waals surface area contributed by atoms with Crippen LogP contribution in [0.5, 0.6) is 0 Å². The maximum atomic E-state index is 12.2. The van der Waals surface area contributed by atoms with Crippen molar-refractivity contribution in [3.63, 3.8) is 0 Å². The molecule has 2 unspecified atom stereocenters. The number of anilines is 1. The number of aliphatic carboxylic acids is 1. The molecule has 0 aliphatic heterocycles. The average molecular weight is 307 g/mol. The number of nitrogens with one attached hydrogen (secondary N) is 1. The predicted octanol–water partition coefficient (Wildman–Crippen LogP) is 3.38. The van der Waals surface area contributed by atoms with E-state index in [1.807, 2.05) is 24.3 Å². The summed E-state index contributed by atoms with van der Waals surface area (Å²) in [6.45, 7) is 4.27. The highest BCUT2D eigenvalue weighted by Crippen LogP contribution is 2.55. The Morgan fingerprint density at radius 2 is 2.24 bits per heavy atom. The molecule has 5 heteroatoms. The maximum Gasteiger partial charge on any atom is 0.313 e. The second-order valence-corrected chi connectivity index (χ2v) is 6.83. The molecule has 0 radical (unpaired) electrons. The Labute approximate surface area is 129 Å². The number of carbonyl (C=O) groups is 2. The van der Waals surface area contributed by atoms with Crippen molar-refractivity contribution in [1.82, 2.24) is 0 Å². The molecule has 1 fully saturated rings. The lowest BCUT2D eigenvalue weighted by molar-refractivity contribution is -0.133. The Bertz CT molecular complexity index is 546. The van der Waals surface area contributed by atoms with E-state index in [-0.39, 0.29) is 23.0 Å². The van der Waals surface area contributed by atoms with Crippen LogP contribution in [0.15, 0.2) is 24.3 Å². The number of rotatable bonds is 7. The van der Waals surface area contributed by atoms with Crippen LogP contribution in [0.25, 0.3) is 0 Å². The molecule has 1 amide bonds. The van der Waals surface area contributed by atoms with Gasteiger partial charge >= 0.3 is 5.97 Å². The molecule has 0 spiro atoms. The number of amides is 1. The molecule has 1 aromatic carbocycles. The van der Waals surface area contributed by atoms with Crippen LogP contribution in [0.4, 0.5) is 5.69 Å². The second kappa shape index (κ2) is 6.52. The molecule has 1 saturated carbocycles. The average Bonchev–Trinajstić information content (AvgIpc) is 3.12. The minimum absolute atomic E-state index is 0.0908. The van der Waals surface area contributed by atoms with Gasteiger partial charge in [0.2, 0.25) is 5.91 Å². The molecule has 21 heavy (non-hydrogen) atoms. The van der Waals surface area contributed by atoms with E-state index in [1.54, 1.807) is 0 Å². The molecule has 2 N–H and O–H groups in total. The van der Waals surface area contributed by atoms with Gasteiger partial charge in [-0.2, -0.15) is 0 Å². The monoisotopic (exact) mass is 307 g/mol. The van der Waals surface area contributed by atoms with Crippen LogP contribution in [-0.4, -0.2) is 22.7 Å². The summed E-state index contributed by atoms with van der Waals surface area (Å²) < 4.78 is 0. The fourth-order valence-corrected chi connectivity index (χ4v) is 3.12. The number of benzene rings is 1. The quantitative estimate of drug-likeness (QED) is 0.810. The molecule has 0 bridgehead atoms. The van der Waals surface area contributed by atoms with Gasteiger partial charge in [0.05, 0.1) is 5.75 Å². The normalized spacial score (nSPS) is 23.6. The van der Waals surface area contributed by atoms with E-state index >= 15 is 0 Å². The maximum absolute atomic E-state index is 12.2. The van der Waals surface area contributed by atoms with Crippen molar-refractivity contribution < 1.29 is 14.7 Å². The van der Waals surface area contributed by atoms with Gasteiger partial charge in [-0.1, -0.05) is 26.0 Å². The van der Waals surface area contributed by atoms with Gasteiger partial charge in [-0.3, -0.25) is 9.59 Å². The van der Waals surface area contributed by atoms with Gasteiger partial charge in [0, 0.05) is 17.4 Å². The molecule has 1 aliphatic rings. The van der Waals surface area contributed by atoms with Crippen LogP contribution in [0, 0.1) is 11.3 Å². The lowest BCUT2D eigenvalue weighted by atomic mass is 10.0. The number of hydrogen-bond acceptors (Lipinski definition) is 3. The van der Waals surface area contributed by atoms with Crippen molar-refractivity contribution in [2.24, 2.45) is 11.3 Å². The van der Waals surface area contributed by atoms with E-state index in [0.29, 0.717) is 5.75 Å². The first-order chi connectivity index (χ1) is 9.94. The number of carboxylic acid groups (broad SMARTS) is 1. The Hall–Kier alpha value is -1.49.